The second kappa shape index (κ2) is 9.78. The van der Waals surface area contributed by atoms with Crippen LogP contribution in [0.15, 0.2) is 48.5 Å². The third-order valence-electron chi connectivity index (χ3n) is 4.63. The highest BCUT2D eigenvalue weighted by Crippen LogP contribution is 2.28. The first-order chi connectivity index (χ1) is 14.5. The van der Waals surface area contributed by atoms with Gasteiger partial charge in [-0.15, -0.1) is 0 Å². The minimum absolute atomic E-state index is 0.0326. The summed E-state index contributed by atoms with van der Waals surface area (Å²) in [6.45, 7) is 2.06. The van der Waals surface area contributed by atoms with Crippen LogP contribution in [0.2, 0.25) is 0 Å². The molecule has 158 valence electrons. The van der Waals surface area contributed by atoms with Crippen molar-refractivity contribution in [1.82, 2.24) is 0 Å². The molecule has 0 aromatic heterocycles. The number of anilines is 2. The number of carbonyl (C=O) groups excluding carboxylic acids is 3. The summed E-state index contributed by atoms with van der Waals surface area (Å²) in [6, 6.07) is 14.1. The van der Waals surface area contributed by atoms with Crippen molar-refractivity contribution < 1.29 is 28.6 Å². The zero-order valence-electron chi connectivity index (χ0n) is 16.9. The predicted octanol–water partition coefficient (Wildman–Crippen LogP) is 2.63. The molecule has 8 heteroatoms. The van der Waals surface area contributed by atoms with E-state index in [-0.39, 0.29) is 18.9 Å². The molecule has 2 aromatic rings. The van der Waals surface area contributed by atoms with Crippen LogP contribution >= 0.6 is 0 Å². The van der Waals surface area contributed by atoms with Gasteiger partial charge in [0.25, 0.3) is 5.91 Å². The molecule has 0 saturated carbocycles. The molecule has 0 radical (unpaired) electrons. The molecule has 0 spiro atoms. The molecule has 2 aromatic carbocycles. The average molecular weight is 412 g/mol. The Morgan fingerprint density at radius 1 is 1.17 bits per heavy atom. The highest BCUT2D eigenvalue weighted by atomic mass is 16.5. The fourth-order valence-electron chi connectivity index (χ4n) is 3.19. The van der Waals surface area contributed by atoms with Crippen molar-refractivity contribution in [2.45, 2.75) is 13.3 Å². The van der Waals surface area contributed by atoms with Crippen molar-refractivity contribution in [2.24, 2.45) is 5.92 Å². The molecule has 1 heterocycles. The number of benzene rings is 2. The molecule has 1 fully saturated rings. The van der Waals surface area contributed by atoms with Crippen molar-refractivity contribution in [3.05, 3.63) is 48.5 Å². The predicted molar refractivity (Wildman–Crippen MR) is 111 cm³/mol. The number of nitrogens with zero attached hydrogens (tertiary/aromatic N) is 1. The smallest absolute Gasteiger partial charge is 0.311 e. The average Bonchev–Trinajstić information content (AvgIpc) is 3.15. The van der Waals surface area contributed by atoms with Gasteiger partial charge in [-0.25, -0.2) is 0 Å². The molecular formula is C22H24N2O6. The molecule has 1 atom stereocenters. The van der Waals surface area contributed by atoms with Gasteiger partial charge in [-0.2, -0.15) is 0 Å². The van der Waals surface area contributed by atoms with Crippen molar-refractivity contribution in [3.63, 3.8) is 0 Å². The van der Waals surface area contributed by atoms with Crippen LogP contribution in [-0.4, -0.2) is 44.7 Å². The standard InChI is InChI=1S/C22H24N2O6/c1-3-29-19-10-5-4-9-18(19)23-20(25)14-30-22(27)15-11-21(26)24(13-15)16-7-6-8-17(12-16)28-2/h4-10,12,15H,3,11,13-14H2,1-2H3,(H,23,25)/t15-/m1/s1. The summed E-state index contributed by atoms with van der Waals surface area (Å²) in [5.74, 6) is -0.718. The normalized spacial score (nSPS) is 15.6. The van der Waals surface area contributed by atoms with Crippen LogP contribution in [0.4, 0.5) is 11.4 Å². The van der Waals surface area contributed by atoms with E-state index < -0.39 is 24.4 Å². The van der Waals surface area contributed by atoms with Crippen molar-refractivity contribution in [3.8, 4) is 11.5 Å². The Balaban J connectivity index is 1.54. The van der Waals surface area contributed by atoms with Gasteiger partial charge in [-0.1, -0.05) is 18.2 Å². The van der Waals surface area contributed by atoms with Crippen LogP contribution in [-0.2, 0) is 19.1 Å². The van der Waals surface area contributed by atoms with Crippen LogP contribution in [0.1, 0.15) is 13.3 Å². The summed E-state index contributed by atoms with van der Waals surface area (Å²) in [6.07, 6.45) is 0.0326. The van der Waals surface area contributed by atoms with Crippen LogP contribution in [0, 0.1) is 5.92 Å². The molecule has 8 nitrogen and oxygen atoms in total. The van der Waals surface area contributed by atoms with Gasteiger partial charge in [0.15, 0.2) is 6.61 Å². The molecule has 0 bridgehead atoms. The van der Waals surface area contributed by atoms with E-state index in [0.29, 0.717) is 29.5 Å². The number of rotatable bonds is 8. The number of ether oxygens (including phenoxy) is 3. The van der Waals surface area contributed by atoms with Crippen LogP contribution in [0.25, 0.3) is 0 Å². The third-order valence-corrected chi connectivity index (χ3v) is 4.63. The molecule has 1 N–H and O–H groups in total. The first-order valence-electron chi connectivity index (χ1n) is 9.64. The number of para-hydroxylation sites is 2. The van der Waals surface area contributed by atoms with Gasteiger partial charge in [-0.05, 0) is 31.2 Å². The van der Waals surface area contributed by atoms with Gasteiger partial charge in [-0.3, -0.25) is 14.4 Å². The summed E-state index contributed by atoms with van der Waals surface area (Å²) < 4.78 is 15.8. The Morgan fingerprint density at radius 3 is 2.73 bits per heavy atom. The number of amides is 2. The second-order valence-corrected chi connectivity index (χ2v) is 6.69. The maximum atomic E-state index is 12.4. The quantitative estimate of drug-likeness (QED) is 0.670. The highest BCUT2D eigenvalue weighted by Gasteiger charge is 2.36. The minimum Gasteiger partial charge on any atom is -0.497 e. The maximum Gasteiger partial charge on any atom is 0.311 e. The van der Waals surface area contributed by atoms with Gasteiger partial charge in [0, 0.05) is 24.7 Å². The highest BCUT2D eigenvalue weighted by molar-refractivity contribution is 6.00. The number of carbonyl (C=O) groups is 3. The lowest BCUT2D eigenvalue weighted by Crippen LogP contribution is -2.28. The van der Waals surface area contributed by atoms with Gasteiger partial charge in [0.05, 0.1) is 25.3 Å². The zero-order valence-corrected chi connectivity index (χ0v) is 16.9. The largest absolute Gasteiger partial charge is 0.497 e. The van der Waals surface area contributed by atoms with E-state index >= 15 is 0 Å². The molecular weight excluding hydrogens is 388 g/mol. The Bertz CT molecular complexity index is 929. The second-order valence-electron chi connectivity index (χ2n) is 6.69. The summed E-state index contributed by atoms with van der Waals surface area (Å²) in [4.78, 5) is 38.4. The van der Waals surface area contributed by atoms with E-state index in [4.69, 9.17) is 14.2 Å². The molecule has 1 aliphatic heterocycles. The van der Waals surface area contributed by atoms with Crippen LogP contribution in [0.3, 0.4) is 0 Å². The van der Waals surface area contributed by atoms with E-state index in [1.165, 1.54) is 4.90 Å². The summed E-state index contributed by atoms with van der Waals surface area (Å²) in [5, 5.41) is 2.66. The van der Waals surface area contributed by atoms with Crippen LogP contribution in [0.5, 0.6) is 11.5 Å². The molecule has 1 saturated heterocycles. The van der Waals surface area contributed by atoms with Gasteiger partial charge < -0.3 is 24.4 Å². The monoisotopic (exact) mass is 412 g/mol. The Morgan fingerprint density at radius 2 is 1.97 bits per heavy atom. The number of hydrogen-bond donors (Lipinski definition) is 1. The topological polar surface area (TPSA) is 94.2 Å². The number of hydrogen-bond acceptors (Lipinski definition) is 6. The lowest BCUT2D eigenvalue weighted by Gasteiger charge is -2.17. The SMILES string of the molecule is CCOc1ccccc1NC(=O)COC(=O)[C@@H]1CC(=O)N(c2cccc(OC)c2)C1. The first kappa shape index (κ1) is 21.2. The maximum absolute atomic E-state index is 12.4. The third kappa shape index (κ3) is 5.08. The Hall–Kier alpha value is -3.55. The Labute approximate surface area is 174 Å². The van der Waals surface area contributed by atoms with Crippen molar-refractivity contribution >= 4 is 29.2 Å². The molecule has 1 aliphatic rings. The summed E-state index contributed by atoms with van der Waals surface area (Å²) in [7, 11) is 1.54. The fourth-order valence-corrected chi connectivity index (χ4v) is 3.19. The molecule has 0 aliphatic carbocycles. The van der Waals surface area contributed by atoms with E-state index in [2.05, 4.69) is 5.32 Å². The van der Waals surface area contributed by atoms with E-state index in [0.717, 1.165) is 0 Å². The van der Waals surface area contributed by atoms with Crippen LogP contribution < -0.4 is 19.7 Å². The first-order valence-corrected chi connectivity index (χ1v) is 9.64. The summed E-state index contributed by atoms with van der Waals surface area (Å²) >= 11 is 0. The lowest BCUT2D eigenvalue weighted by atomic mass is 10.1. The number of esters is 1. The molecule has 0 unspecified atom stereocenters. The number of nitrogens with one attached hydrogen (secondary N) is 1. The molecule has 3 rings (SSSR count). The van der Waals surface area contributed by atoms with Gasteiger partial charge >= 0.3 is 5.97 Å². The van der Waals surface area contributed by atoms with E-state index in [9.17, 15) is 14.4 Å². The van der Waals surface area contributed by atoms with Gasteiger partial charge in [0.2, 0.25) is 5.91 Å². The minimum atomic E-state index is -0.632. The zero-order chi connectivity index (χ0) is 21.5. The molecule has 30 heavy (non-hydrogen) atoms. The van der Waals surface area contributed by atoms with Crippen molar-refractivity contribution in [2.75, 3.05) is 37.1 Å². The van der Waals surface area contributed by atoms with Gasteiger partial charge in [0.1, 0.15) is 11.5 Å². The number of methoxy groups -OCH3 is 1. The molecule has 2 amide bonds. The lowest BCUT2D eigenvalue weighted by molar-refractivity contribution is -0.151. The van der Waals surface area contributed by atoms with E-state index in [1.807, 2.05) is 6.92 Å². The van der Waals surface area contributed by atoms with Crippen molar-refractivity contribution in [1.29, 1.82) is 0 Å². The van der Waals surface area contributed by atoms with E-state index in [1.54, 1.807) is 55.6 Å². The Kier molecular flexibility index (Phi) is 6.90. The summed E-state index contributed by atoms with van der Waals surface area (Å²) in [5.41, 5.74) is 1.15. The fraction of sp³-hybridized carbons (Fsp3) is 0.318.